The fraction of sp³-hybridized carbons (Fsp3) is 0.375. The van der Waals surface area contributed by atoms with Gasteiger partial charge in [-0.15, -0.1) is 11.3 Å². The van der Waals surface area contributed by atoms with Gasteiger partial charge < -0.3 is 10.6 Å². The van der Waals surface area contributed by atoms with E-state index in [1.54, 1.807) is 29.5 Å². The molecule has 7 nitrogen and oxygen atoms in total. The second-order valence-electron chi connectivity index (χ2n) is 5.12. The number of hydrogen-bond donors (Lipinski definition) is 2. The summed E-state index contributed by atoms with van der Waals surface area (Å²) in [6, 6.07) is 6.66. The van der Waals surface area contributed by atoms with Crippen molar-refractivity contribution in [2.45, 2.75) is 26.8 Å². The average molecular weight is 347 g/mol. The molecule has 0 unspecified atom stereocenters. The molecule has 128 valence electrons. The van der Waals surface area contributed by atoms with Gasteiger partial charge in [-0.05, 0) is 13.8 Å². The summed E-state index contributed by atoms with van der Waals surface area (Å²) in [5.41, 5.74) is 0.686. The zero-order valence-electron chi connectivity index (χ0n) is 13.8. The molecule has 0 atom stereocenters. The van der Waals surface area contributed by atoms with Crippen LogP contribution in [0.5, 0.6) is 0 Å². The van der Waals surface area contributed by atoms with E-state index in [0.29, 0.717) is 18.1 Å². The van der Waals surface area contributed by atoms with Crippen molar-refractivity contribution < 1.29 is 4.92 Å². The molecule has 8 heteroatoms. The molecule has 0 aliphatic rings. The Bertz CT molecular complexity index is 714. The maximum atomic E-state index is 11.0. The van der Waals surface area contributed by atoms with Gasteiger partial charge in [0.05, 0.1) is 22.0 Å². The molecule has 2 aromatic rings. The molecule has 0 saturated heterocycles. The molecule has 1 aromatic carbocycles. The van der Waals surface area contributed by atoms with Crippen LogP contribution in [0.15, 0.2) is 35.5 Å². The fourth-order valence-electron chi connectivity index (χ4n) is 2.13. The van der Waals surface area contributed by atoms with Crippen LogP contribution < -0.4 is 10.6 Å². The SMILES string of the molecule is CCNC(=NCc1ccccc1[N+](=O)[O-])NCCc1ncc(C)s1. The minimum atomic E-state index is -0.379. The fourth-order valence-corrected chi connectivity index (χ4v) is 2.92. The van der Waals surface area contributed by atoms with Crippen LogP contribution in [0.2, 0.25) is 0 Å². The zero-order valence-corrected chi connectivity index (χ0v) is 14.6. The van der Waals surface area contributed by atoms with Crippen molar-refractivity contribution in [3.63, 3.8) is 0 Å². The monoisotopic (exact) mass is 347 g/mol. The van der Waals surface area contributed by atoms with Crippen molar-refractivity contribution in [2.75, 3.05) is 13.1 Å². The number of nitro groups is 1. The number of nitrogens with zero attached hydrogens (tertiary/aromatic N) is 3. The van der Waals surface area contributed by atoms with Gasteiger partial charge in [0, 0.05) is 36.7 Å². The minimum Gasteiger partial charge on any atom is -0.357 e. The second-order valence-corrected chi connectivity index (χ2v) is 6.44. The van der Waals surface area contributed by atoms with E-state index in [2.05, 4.69) is 20.6 Å². The summed E-state index contributed by atoms with van der Waals surface area (Å²) in [7, 11) is 0. The summed E-state index contributed by atoms with van der Waals surface area (Å²) in [6.45, 7) is 5.69. The summed E-state index contributed by atoms with van der Waals surface area (Å²) < 4.78 is 0. The maximum Gasteiger partial charge on any atom is 0.274 e. The van der Waals surface area contributed by atoms with Crippen LogP contribution in [0.3, 0.4) is 0 Å². The number of thiazole rings is 1. The number of hydrogen-bond acceptors (Lipinski definition) is 5. The van der Waals surface area contributed by atoms with E-state index in [-0.39, 0.29) is 17.2 Å². The van der Waals surface area contributed by atoms with E-state index in [9.17, 15) is 10.1 Å². The summed E-state index contributed by atoms with van der Waals surface area (Å²) >= 11 is 1.68. The van der Waals surface area contributed by atoms with Crippen molar-refractivity contribution in [3.8, 4) is 0 Å². The first-order chi connectivity index (χ1) is 11.6. The molecule has 0 fully saturated rings. The standard InChI is InChI=1S/C16H21N5O2S/c1-3-17-16(18-9-8-15-19-10-12(2)24-15)20-11-13-6-4-5-7-14(13)21(22)23/h4-7,10H,3,8-9,11H2,1-2H3,(H2,17,18,20). The molecular formula is C16H21N5O2S. The Hall–Kier alpha value is -2.48. The summed E-state index contributed by atoms with van der Waals surface area (Å²) in [6.07, 6.45) is 2.68. The molecule has 0 aliphatic heterocycles. The topological polar surface area (TPSA) is 92.5 Å². The van der Waals surface area contributed by atoms with Gasteiger partial charge in [0.1, 0.15) is 0 Å². The Morgan fingerprint density at radius 1 is 1.38 bits per heavy atom. The third-order valence-corrected chi connectivity index (χ3v) is 4.21. The number of rotatable bonds is 7. The van der Waals surface area contributed by atoms with E-state index in [4.69, 9.17) is 0 Å². The van der Waals surface area contributed by atoms with Crippen LogP contribution in [0.4, 0.5) is 5.69 Å². The molecule has 1 aromatic heterocycles. The Labute approximate surface area is 145 Å². The Balaban J connectivity index is 1.96. The second kappa shape index (κ2) is 8.97. The number of nitro benzene ring substituents is 1. The van der Waals surface area contributed by atoms with Crippen molar-refractivity contribution in [3.05, 3.63) is 56.0 Å². The Morgan fingerprint density at radius 3 is 2.83 bits per heavy atom. The van der Waals surface area contributed by atoms with Gasteiger partial charge in [-0.25, -0.2) is 9.98 Å². The molecule has 2 rings (SSSR count). The molecular weight excluding hydrogens is 326 g/mol. The largest absolute Gasteiger partial charge is 0.357 e. The summed E-state index contributed by atoms with van der Waals surface area (Å²) in [5.74, 6) is 0.643. The van der Waals surface area contributed by atoms with Gasteiger partial charge in [0.2, 0.25) is 0 Å². The molecule has 1 heterocycles. The lowest BCUT2D eigenvalue weighted by atomic mass is 10.2. The predicted octanol–water partition coefficient (Wildman–Crippen LogP) is 2.66. The van der Waals surface area contributed by atoms with Gasteiger partial charge in [0.15, 0.2) is 5.96 Å². The van der Waals surface area contributed by atoms with Gasteiger partial charge in [-0.1, -0.05) is 18.2 Å². The molecule has 0 saturated carbocycles. The Kier molecular flexibility index (Phi) is 6.68. The normalized spacial score (nSPS) is 11.3. The minimum absolute atomic E-state index is 0.0929. The predicted molar refractivity (Wildman–Crippen MR) is 96.5 cm³/mol. The van der Waals surface area contributed by atoms with Gasteiger partial charge in [-0.2, -0.15) is 0 Å². The molecule has 24 heavy (non-hydrogen) atoms. The van der Waals surface area contributed by atoms with E-state index < -0.39 is 0 Å². The van der Waals surface area contributed by atoms with Crippen molar-refractivity contribution in [1.29, 1.82) is 0 Å². The lowest BCUT2D eigenvalue weighted by Gasteiger charge is -2.10. The number of benzene rings is 1. The molecule has 0 bridgehead atoms. The first-order valence-electron chi connectivity index (χ1n) is 7.76. The van der Waals surface area contributed by atoms with Gasteiger partial charge in [0.25, 0.3) is 5.69 Å². The van der Waals surface area contributed by atoms with Crippen LogP contribution in [0.25, 0.3) is 0 Å². The van der Waals surface area contributed by atoms with Crippen LogP contribution in [0, 0.1) is 17.0 Å². The molecule has 0 spiro atoms. The van der Waals surface area contributed by atoms with E-state index in [0.717, 1.165) is 18.0 Å². The van der Waals surface area contributed by atoms with Gasteiger partial charge >= 0.3 is 0 Å². The average Bonchev–Trinajstić information content (AvgIpc) is 2.98. The quantitative estimate of drug-likeness (QED) is 0.348. The molecule has 2 N–H and O–H groups in total. The number of aromatic nitrogens is 1. The lowest BCUT2D eigenvalue weighted by molar-refractivity contribution is -0.385. The van der Waals surface area contributed by atoms with Crippen LogP contribution in [0.1, 0.15) is 22.4 Å². The summed E-state index contributed by atoms with van der Waals surface area (Å²) in [4.78, 5) is 20.6. The van der Waals surface area contributed by atoms with Crippen molar-refractivity contribution in [1.82, 2.24) is 15.6 Å². The summed E-state index contributed by atoms with van der Waals surface area (Å²) in [5, 5.41) is 18.5. The number of guanidine groups is 1. The lowest BCUT2D eigenvalue weighted by Crippen LogP contribution is -2.38. The molecule has 0 amide bonds. The highest BCUT2D eigenvalue weighted by Gasteiger charge is 2.11. The smallest absolute Gasteiger partial charge is 0.274 e. The van der Waals surface area contributed by atoms with Crippen molar-refractivity contribution >= 4 is 23.0 Å². The van der Waals surface area contributed by atoms with Gasteiger partial charge in [-0.3, -0.25) is 10.1 Å². The number of nitrogens with one attached hydrogen (secondary N) is 2. The first kappa shape index (κ1) is 17.9. The zero-order chi connectivity index (χ0) is 17.4. The number of aliphatic imine (C=N–C) groups is 1. The van der Waals surface area contributed by atoms with E-state index in [1.807, 2.05) is 20.0 Å². The van der Waals surface area contributed by atoms with Crippen LogP contribution in [-0.2, 0) is 13.0 Å². The van der Waals surface area contributed by atoms with Crippen LogP contribution >= 0.6 is 11.3 Å². The highest BCUT2D eigenvalue weighted by molar-refractivity contribution is 7.11. The maximum absolute atomic E-state index is 11.0. The number of para-hydroxylation sites is 1. The van der Waals surface area contributed by atoms with Crippen molar-refractivity contribution in [2.24, 2.45) is 4.99 Å². The Morgan fingerprint density at radius 2 is 2.17 bits per heavy atom. The highest BCUT2D eigenvalue weighted by Crippen LogP contribution is 2.18. The third-order valence-electron chi connectivity index (χ3n) is 3.24. The molecule has 0 radical (unpaired) electrons. The number of aryl methyl sites for hydroxylation is 1. The van der Waals surface area contributed by atoms with Crippen LogP contribution in [-0.4, -0.2) is 29.0 Å². The molecule has 0 aliphatic carbocycles. The highest BCUT2D eigenvalue weighted by atomic mass is 32.1. The van der Waals surface area contributed by atoms with E-state index >= 15 is 0 Å². The third kappa shape index (κ3) is 5.31. The first-order valence-corrected chi connectivity index (χ1v) is 8.57. The van der Waals surface area contributed by atoms with E-state index in [1.165, 1.54) is 10.9 Å².